The number of aromatic nitrogens is 3. The molecule has 0 fully saturated rings. The van der Waals surface area contributed by atoms with Gasteiger partial charge in [0.25, 0.3) is 0 Å². The van der Waals surface area contributed by atoms with Crippen molar-refractivity contribution in [3.63, 3.8) is 0 Å². The van der Waals surface area contributed by atoms with Crippen molar-refractivity contribution in [3.05, 3.63) is 53.0 Å². The van der Waals surface area contributed by atoms with Crippen LogP contribution in [-0.4, -0.2) is 39.5 Å². The smallest absolute Gasteiger partial charge is 0.234 e. The lowest BCUT2D eigenvalue weighted by molar-refractivity contribution is -0.113. The Balaban J connectivity index is 1.65. The standard InChI is InChI=1S/C21H24BrN5OS/c1-4-27(5-2)16-12-10-15(11-13-16)20-24-25-21(26(20)3)29-14-19(28)23-18-9-7-6-8-17(18)22/h6-13H,4-5,14H2,1-3H3,(H,23,28). The van der Waals surface area contributed by atoms with Crippen LogP contribution >= 0.6 is 27.7 Å². The van der Waals surface area contributed by atoms with Gasteiger partial charge in [0.05, 0.1) is 11.4 Å². The Morgan fingerprint density at radius 3 is 2.45 bits per heavy atom. The summed E-state index contributed by atoms with van der Waals surface area (Å²) in [6.45, 7) is 6.25. The van der Waals surface area contributed by atoms with E-state index < -0.39 is 0 Å². The second kappa shape index (κ2) is 9.93. The van der Waals surface area contributed by atoms with Crippen molar-refractivity contribution < 1.29 is 4.79 Å². The van der Waals surface area contributed by atoms with Gasteiger partial charge in [-0.2, -0.15) is 0 Å². The molecular weight excluding hydrogens is 450 g/mol. The molecule has 1 N–H and O–H groups in total. The van der Waals surface area contributed by atoms with Gasteiger partial charge in [-0.15, -0.1) is 10.2 Å². The van der Waals surface area contributed by atoms with E-state index in [1.165, 1.54) is 17.4 Å². The summed E-state index contributed by atoms with van der Waals surface area (Å²) in [7, 11) is 1.92. The van der Waals surface area contributed by atoms with Crippen LogP contribution in [0.3, 0.4) is 0 Å². The summed E-state index contributed by atoms with van der Waals surface area (Å²) < 4.78 is 2.77. The van der Waals surface area contributed by atoms with Crippen LogP contribution in [0.4, 0.5) is 11.4 Å². The molecule has 29 heavy (non-hydrogen) atoms. The highest BCUT2D eigenvalue weighted by molar-refractivity contribution is 9.10. The van der Waals surface area contributed by atoms with Gasteiger partial charge in [0, 0.05) is 35.9 Å². The molecule has 1 amide bonds. The van der Waals surface area contributed by atoms with Gasteiger partial charge in [0.2, 0.25) is 5.91 Å². The molecule has 0 aliphatic heterocycles. The summed E-state index contributed by atoms with van der Waals surface area (Å²) in [5.41, 5.74) is 2.95. The number of benzene rings is 2. The highest BCUT2D eigenvalue weighted by Crippen LogP contribution is 2.26. The zero-order valence-electron chi connectivity index (χ0n) is 16.7. The van der Waals surface area contributed by atoms with Crippen LogP contribution in [0.2, 0.25) is 0 Å². The highest BCUT2D eigenvalue weighted by atomic mass is 79.9. The van der Waals surface area contributed by atoms with Crippen molar-refractivity contribution in [2.24, 2.45) is 7.05 Å². The first-order chi connectivity index (χ1) is 14.0. The molecule has 6 nitrogen and oxygen atoms in total. The summed E-state index contributed by atoms with van der Waals surface area (Å²) in [5, 5.41) is 12.2. The fourth-order valence-corrected chi connectivity index (χ4v) is 4.08. The molecule has 0 radical (unpaired) electrons. The maximum absolute atomic E-state index is 12.3. The number of carbonyl (C=O) groups excluding carboxylic acids is 1. The summed E-state index contributed by atoms with van der Waals surface area (Å²) in [5.74, 6) is 0.952. The largest absolute Gasteiger partial charge is 0.372 e. The first kappa shape index (κ1) is 21.4. The summed E-state index contributed by atoms with van der Waals surface area (Å²) in [6, 6.07) is 15.9. The minimum Gasteiger partial charge on any atom is -0.372 e. The Morgan fingerprint density at radius 2 is 1.79 bits per heavy atom. The van der Waals surface area contributed by atoms with Crippen molar-refractivity contribution in [1.29, 1.82) is 0 Å². The number of amides is 1. The third-order valence-electron chi connectivity index (χ3n) is 4.57. The third-order valence-corrected chi connectivity index (χ3v) is 6.28. The Kier molecular flexibility index (Phi) is 7.33. The molecule has 3 aromatic rings. The van der Waals surface area contributed by atoms with Crippen LogP contribution in [-0.2, 0) is 11.8 Å². The number of thioether (sulfide) groups is 1. The predicted molar refractivity (Wildman–Crippen MR) is 123 cm³/mol. The fraction of sp³-hybridized carbons (Fsp3) is 0.286. The maximum atomic E-state index is 12.3. The first-order valence-corrected chi connectivity index (χ1v) is 11.2. The Labute approximate surface area is 183 Å². The van der Waals surface area contributed by atoms with Gasteiger partial charge in [-0.25, -0.2) is 0 Å². The van der Waals surface area contributed by atoms with Crippen LogP contribution < -0.4 is 10.2 Å². The van der Waals surface area contributed by atoms with E-state index >= 15 is 0 Å². The normalized spacial score (nSPS) is 10.8. The van der Waals surface area contributed by atoms with E-state index in [0.29, 0.717) is 5.16 Å². The first-order valence-electron chi connectivity index (χ1n) is 9.45. The molecule has 0 spiro atoms. The van der Waals surface area contributed by atoms with Crippen molar-refractivity contribution in [2.45, 2.75) is 19.0 Å². The topological polar surface area (TPSA) is 63.1 Å². The molecule has 8 heteroatoms. The van der Waals surface area contributed by atoms with E-state index in [1.54, 1.807) is 0 Å². The van der Waals surface area contributed by atoms with E-state index in [1.807, 2.05) is 35.9 Å². The molecular formula is C21H24BrN5OS. The summed E-state index contributed by atoms with van der Waals surface area (Å²) in [6.07, 6.45) is 0. The van der Waals surface area contributed by atoms with E-state index in [0.717, 1.165) is 34.6 Å². The lowest BCUT2D eigenvalue weighted by Gasteiger charge is -2.21. The minimum atomic E-state index is -0.0879. The van der Waals surface area contributed by atoms with Crippen molar-refractivity contribution >= 4 is 45.0 Å². The Morgan fingerprint density at radius 1 is 1.10 bits per heavy atom. The Bertz CT molecular complexity index is 969. The fourth-order valence-electron chi connectivity index (χ4n) is 2.98. The molecule has 0 aliphatic rings. The number of anilines is 2. The average molecular weight is 474 g/mol. The van der Waals surface area contributed by atoms with Crippen molar-refractivity contribution in [2.75, 3.05) is 29.1 Å². The van der Waals surface area contributed by atoms with Gasteiger partial charge in [-0.1, -0.05) is 23.9 Å². The molecule has 152 valence electrons. The molecule has 0 saturated heterocycles. The van der Waals surface area contributed by atoms with Gasteiger partial charge in [0.1, 0.15) is 0 Å². The maximum Gasteiger partial charge on any atom is 0.234 e. The van der Waals surface area contributed by atoms with E-state index in [9.17, 15) is 4.79 Å². The van der Waals surface area contributed by atoms with Crippen LogP contribution in [0.1, 0.15) is 13.8 Å². The number of halogens is 1. The van der Waals surface area contributed by atoms with Gasteiger partial charge < -0.3 is 14.8 Å². The predicted octanol–water partition coefficient (Wildman–Crippen LogP) is 4.82. The average Bonchev–Trinajstić information content (AvgIpc) is 3.10. The second-order valence-electron chi connectivity index (χ2n) is 6.40. The van der Waals surface area contributed by atoms with Crippen LogP contribution in [0, 0.1) is 0 Å². The van der Waals surface area contributed by atoms with E-state index in [-0.39, 0.29) is 11.7 Å². The van der Waals surface area contributed by atoms with Gasteiger partial charge in [-0.3, -0.25) is 4.79 Å². The monoisotopic (exact) mass is 473 g/mol. The molecule has 0 aliphatic carbocycles. The molecule has 0 unspecified atom stereocenters. The number of nitrogens with zero attached hydrogens (tertiary/aromatic N) is 4. The zero-order chi connectivity index (χ0) is 20.8. The van der Waals surface area contributed by atoms with Gasteiger partial charge in [0.15, 0.2) is 11.0 Å². The molecule has 1 aromatic heterocycles. The number of para-hydroxylation sites is 1. The lowest BCUT2D eigenvalue weighted by atomic mass is 10.2. The van der Waals surface area contributed by atoms with E-state index in [4.69, 9.17) is 0 Å². The summed E-state index contributed by atoms with van der Waals surface area (Å²) in [4.78, 5) is 14.6. The number of hydrogen-bond acceptors (Lipinski definition) is 5. The molecule has 2 aromatic carbocycles. The third kappa shape index (κ3) is 5.19. The summed E-state index contributed by atoms with van der Waals surface area (Å²) >= 11 is 4.80. The van der Waals surface area contributed by atoms with E-state index in [2.05, 4.69) is 74.5 Å². The van der Waals surface area contributed by atoms with Crippen LogP contribution in [0.5, 0.6) is 0 Å². The molecule has 0 saturated carbocycles. The van der Waals surface area contributed by atoms with Crippen molar-refractivity contribution in [3.8, 4) is 11.4 Å². The SMILES string of the molecule is CCN(CC)c1ccc(-c2nnc(SCC(=O)Nc3ccccc3Br)n2C)cc1. The van der Waals surface area contributed by atoms with Gasteiger partial charge in [-0.05, 0) is 66.2 Å². The molecule has 1 heterocycles. The number of nitrogens with one attached hydrogen (secondary N) is 1. The number of hydrogen-bond donors (Lipinski definition) is 1. The molecule has 3 rings (SSSR count). The molecule has 0 bridgehead atoms. The minimum absolute atomic E-state index is 0.0879. The Hall–Kier alpha value is -2.32. The number of rotatable bonds is 8. The quantitative estimate of drug-likeness (QED) is 0.475. The number of carbonyl (C=O) groups is 1. The van der Waals surface area contributed by atoms with Crippen molar-refractivity contribution in [1.82, 2.24) is 14.8 Å². The highest BCUT2D eigenvalue weighted by Gasteiger charge is 2.14. The lowest BCUT2D eigenvalue weighted by Crippen LogP contribution is -2.21. The second-order valence-corrected chi connectivity index (χ2v) is 8.20. The van der Waals surface area contributed by atoms with Crippen LogP contribution in [0.15, 0.2) is 58.2 Å². The molecule has 0 atom stereocenters. The zero-order valence-corrected chi connectivity index (χ0v) is 19.1. The van der Waals surface area contributed by atoms with Crippen LogP contribution in [0.25, 0.3) is 11.4 Å². The van der Waals surface area contributed by atoms with Gasteiger partial charge >= 0.3 is 0 Å².